The van der Waals surface area contributed by atoms with Crippen molar-refractivity contribution in [2.75, 3.05) is 29.9 Å². The molecule has 8 nitrogen and oxygen atoms in total. The van der Waals surface area contributed by atoms with Crippen LogP contribution >= 0.6 is 0 Å². The van der Waals surface area contributed by atoms with Crippen LogP contribution in [-0.4, -0.2) is 45.3 Å². The summed E-state index contributed by atoms with van der Waals surface area (Å²) in [7, 11) is 0. The fourth-order valence-corrected chi connectivity index (χ4v) is 3.57. The van der Waals surface area contributed by atoms with Gasteiger partial charge in [-0.25, -0.2) is 23.5 Å². The second-order valence-corrected chi connectivity index (χ2v) is 6.78. The number of anilines is 2. The highest BCUT2D eigenvalue weighted by atomic mass is 19.2. The Morgan fingerprint density at radius 3 is 2.59 bits per heavy atom. The molecular weight excluding hydrogens is 358 g/mol. The number of benzene rings is 1. The molecule has 0 aliphatic carbocycles. The van der Waals surface area contributed by atoms with E-state index in [-0.39, 0.29) is 17.9 Å². The second kappa shape index (κ2) is 7.01. The molecular formula is C17H20F2N6O2. The Bertz CT molecular complexity index is 919. The van der Waals surface area contributed by atoms with E-state index in [0.717, 1.165) is 44.5 Å². The molecule has 27 heavy (non-hydrogen) atoms. The maximum atomic E-state index is 13.8. The van der Waals surface area contributed by atoms with Crippen molar-refractivity contribution in [1.29, 1.82) is 0 Å². The van der Waals surface area contributed by atoms with Crippen LogP contribution in [0.3, 0.4) is 0 Å². The molecule has 2 aliphatic heterocycles. The summed E-state index contributed by atoms with van der Waals surface area (Å²) in [5.74, 6) is -1.49. The van der Waals surface area contributed by atoms with Gasteiger partial charge in [0.05, 0.1) is 17.9 Å². The van der Waals surface area contributed by atoms with Crippen LogP contribution in [0.2, 0.25) is 0 Å². The monoisotopic (exact) mass is 378 g/mol. The fourth-order valence-electron chi connectivity index (χ4n) is 3.57. The number of urea groups is 1. The van der Waals surface area contributed by atoms with Gasteiger partial charge in [0.15, 0.2) is 17.5 Å². The highest BCUT2D eigenvalue weighted by Gasteiger charge is 2.25. The Labute approximate surface area is 153 Å². The van der Waals surface area contributed by atoms with Crippen molar-refractivity contribution in [3.63, 3.8) is 0 Å². The minimum absolute atomic E-state index is 0.160. The Morgan fingerprint density at radius 1 is 1.07 bits per heavy atom. The first-order chi connectivity index (χ1) is 13.0. The summed E-state index contributed by atoms with van der Waals surface area (Å²) in [5.41, 5.74) is 0.416. The maximum Gasteiger partial charge on any atom is 0.343 e. The number of amides is 2. The number of nitrogens with zero attached hydrogens (tertiary/aromatic N) is 4. The average Bonchev–Trinajstić information content (AvgIpc) is 3.05. The van der Waals surface area contributed by atoms with E-state index in [2.05, 4.69) is 15.5 Å². The highest BCUT2D eigenvalue weighted by Crippen LogP contribution is 2.31. The van der Waals surface area contributed by atoms with Crippen molar-refractivity contribution < 1.29 is 13.6 Å². The topological polar surface area (TPSA) is 86.3 Å². The molecule has 1 saturated heterocycles. The summed E-state index contributed by atoms with van der Waals surface area (Å²) in [5, 5.41) is 8.95. The molecule has 2 aromatic rings. The summed E-state index contributed by atoms with van der Waals surface area (Å²) in [6.07, 6.45) is 3.03. The third kappa shape index (κ3) is 3.38. The smallest absolute Gasteiger partial charge is 0.343 e. The van der Waals surface area contributed by atoms with Gasteiger partial charge in [-0.2, -0.15) is 5.10 Å². The minimum atomic E-state index is -1.01. The molecule has 2 N–H and O–H groups in total. The number of piperidine rings is 1. The van der Waals surface area contributed by atoms with Crippen molar-refractivity contribution >= 4 is 17.4 Å². The van der Waals surface area contributed by atoms with E-state index in [9.17, 15) is 18.4 Å². The lowest BCUT2D eigenvalue weighted by Crippen LogP contribution is -2.43. The molecule has 10 heteroatoms. The van der Waals surface area contributed by atoms with Gasteiger partial charge in [-0.3, -0.25) is 4.57 Å². The number of hydrogen-bond donors (Lipinski definition) is 2. The van der Waals surface area contributed by atoms with Gasteiger partial charge in [0.2, 0.25) is 0 Å². The average molecular weight is 378 g/mol. The van der Waals surface area contributed by atoms with Gasteiger partial charge < -0.3 is 15.1 Å². The molecule has 4 rings (SSSR count). The van der Waals surface area contributed by atoms with Crippen LogP contribution in [0.5, 0.6) is 0 Å². The molecule has 2 aliphatic rings. The van der Waals surface area contributed by atoms with Gasteiger partial charge >= 0.3 is 11.7 Å². The zero-order valence-corrected chi connectivity index (χ0v) is 14.7. The lowest BCUT2D eigenvalue weighted by molar-refractivity contribution is 0.195. The summed E-state index contributed by atoms with van der Waals surface area (Å²) < 4.78 is 29.1. The molecule has 0 radical (unpaired) electrons. The van der Waals surface area contributed by atoms with Gasteiger partial charge in [0, 0.05) is 38.3 Å². The van der Waals surface area contributed by atoms with Gasteiger partial charge in [0.1, 0.15) is 0 Å². The molecule has 1 aromatic heterocycles. The zero-order chi connectivity index (χ0) is 19.0. The lowest BCUT2D eigenvalue weighted by atomic mass is 10.1. The Balaban J connectivity index is 1.55. The molecule has 0 bridgehead atoms. The maximum absolute atomic E-state index is 13.8. The van der Waals surface area contributed by atoms with E-state index in [1.54, 1.807) is 0 Å². The molecule has 1 aromatic carbocycles. The molecule has 0 atom stereocenters. The molecule has 0 spiro atoms. The summed E-state index contributed by atoms with van der Waals surface area (Å²) >= 11 is 0. The van der Waals surface area contributed by atoms with Gasteiger partial charge in [-0.05, 0) is 19.3 Å². The number of aromatic amines is 1. The molecule has 0 saturated carbocycles. The van der Waals surface area contributed by atoms with E-state index in [1.807, 2.05) is 4.90 Å². The number of H-pyrrole nitrogens is 1. The van der Waals surface area contributed by atoms with Crippen molar-refractivity contribution in [3.05, 3.63) is 40.1 Å². The predicted molar refractivity (Wildman–Crippen MR) is 94.7 cm³/mol. The van der Waals surface area contributed by atoms with Crippen molar-refractivity contribution in [2.45, 2.75) is 32.4 Å². The highest BCUT2D eigenvalue weighted by molar-refractivity contribution is 5.93. The molecule has 0 unspecified atom stereocenters. The number of carbonyl (C=O) groups excluding carboxylic acids is 1. The normalized spacial score (nSPS) is 17.0. The number of nitrogens with one attached hydrogen (secondary N) is 2. The molecule has 144 valence electrons. The SMILES string of the molecule is O=C(Nc1cc(F)c(F)cc1N1CCCCC1)N1CCn2c(n[nH]c2=O)C1. The number of carbonyl (C=O) groups is 1. The van der Waals surface area contributed by atoms with E-state index >= 15 is 0 Å². The lowest BCUT2D eigenvalue weighted by Gasteiger charge is -2.32. The quantitative estimate of drug-likeness (QED) is 0.836. The van der Waals surface area contributed by atoms with Crippen LogP contribution in [0, 0.1) is 11.6 Å². The molecule has 1 fully saturated rings. The fraction of sp³-hybridized carbons (Fsp3) is 0.471. The Morgan fingerprint density at radius 2 is 1.81 bits per heavy atom. The Hall–Kier alpha value is -2.91. The van der Waals surface area contributed by atoms with Crippen LogP contribution < -0.4 is 15.9 Å². The first-order valence-corrected chi connectivity index (χ1v) is 8.97. The van der Waals surface area contributed by atoms with Crippen LogP contribution in [0.25, 0.3) is 0 Å². The third-order valence-electron chi connectivity index (χ3n) is 5.03. The zero-order valence-electron chi connectivity index (χ0n) is 14.7. The van der Waals surface area contributed by atoms with E-state index < -0.39 is 17.7 Å². The third-order valence-corrected chi connectivity index (χ3v) is 5.03. The van der Waals surface area contributed by atoms with Crippen LogP contribution in [-0.2, 0) is 13.1 Å². The van der Waals surface area contributed by atoms with Gasteiger partial charge in [-0.1, -0.05) is 0 Å². The molecule has 2 amide bonds. The largest absolute Gasteiger partial charge is 0.370 e. The van der Waals surface area contributed by atoms with Crippen LogP contribution in [0.1, 0.15) is 25.1 Å². The first-order valence-electron chi connectivity index (χ1n) is 8.97. The van der Waals surface area contributed by atoms with Crippen LogP contribution in [0.4, 0.5) is 25.0 Å². The Kier molecular flexibility index (Phi) is 4.54. The molecule has 3 heterocycles. The first kappa shape index (κ1) is 17.5. The van der Waals surface area contributed by atoms with E-state index in [1.165, 1.54) is 9.47 Å². The van der Waals surface area contributed by atoms with Gasteiger partial charge in [0.25, 0.3) is 0 Å². The standard InChI is InChI=1S/C17H20F2N6O2/c18-11-8-13(14(9-12(11)19)23-4-2-1-3-5-23)20-16(26)24-6-7-25-15(10-24)21-22-17(25)27/h8-9H,1-7,10H2,(H,20,26)(H,22,27). The second-order valence-electron chi connectivity index (χ2n) is 6.78. The minimum Gasteiger partial charge on any atom is -0.370 e. The number of aromatic nitrogens is 3. The summed E-state index contributed by atoms with van der Waals surface area (Å²) in [6, 6.07) is 1.71. The predicted octanol–water partition coefficient (Wildman–Crippen LogP) is 1.89. The summed E-state index contributed by atoms with van der Waals surface area (Å²) in [4.78, 5) is 27.7. The van der Waals surface area contributed by atoms with E-state index in [4.69, 9.17) is 0 Å². The number of rotatable bonds is 2. The van der Waals surface area contributed by atoms with E-state index in [0.29, 0.717) is 24.6 Å². The number of hydrogen-bond acceptors (Lipinski definition) is 4. The number of halogens is 2. The van der Waals surface area contributed by atoms with Crippen molar-refractivity contribution in [2.24, 2.45) is 0 Å². The van der Waals surface area contributed by atoms with Gasteiger partial charge in [-0.15, -0.1) is 0 Å². The van der Waals surface area contributed by atoms with Crippen molar-refractivity contribution in [3.8, 4) is 0 Å². The number of fused-ring (bicyclic) bond motifs is 1. The van der Waals surface area contributed by atoms with Crippen LogP contribution in [0.15, 0.2) is 16.9 Å². The summed E-state index contributed by atoms with van der Waals surface area (Å²) in [6.45, 7) is 2.28. The van der Waals surface area contributed by atoms with Crippen molar-refractivity contribution in [1.82, 2.24) is 19.7 Å².